The fourth-order valence-electron chi connectivity index (χ4n) is 2.79. The van der Waals surface area contributed by atoms with Gasteiger partial charge in [-0.05, 0) is 13.8 Å². The fourth-order valence-corrected chi connectivity index (χ4v) is 2.79. The number of nitrogen functional groups attached to an aromatic ring is 1. The molecular weight excluding hydrogens is 294 g/mol. The van der Waals surface area contributed by atoms with Gasteiger partial charge in [0.2, 0.25) is 5.95 Å². The van der Waals surface area contributed by atoms with Gasteiger partial charge in [0.05, 0.1) is 12.9 Å². The van der Waals surface area contributed by atoms with E-state index in [1.54, 1.807) is 0 Å². The van der Waals surface area contributed by atoms with E-state index in [2.05, 4.69) is 15.0 Å². The van der Waals surface area contributed by atoms with Crippen molar-refractivity contribution in [2.24, 2.45) is 0 Å². The molecule has 22 heavy (non-hydrogen) atoms. The molecule has 0 saturated carbocycles. The van der Waals surface area contributed by atoms with Crippen LogP contribution in [0.15, 0.2) is 11.1 Å². The molecule has 10 heteroatoms. The zero-order valence-electron chi connectivity index (χ0n) is 12.0. The molecule has 4 atom stereocenters. The minimum atomic E-state index is -1.76. The van der Waals surface area contributed by atoms with Crippen LogP contribution in [0.25, 0.3) is 11.2 Å². The van der Waals surface area contributed by atoms with Crippen molar-refractivity contribution < 1.29 is 20.1 Å². The Kier molecular flexibility index (Phi) is 3.04. The standard InChI is InChI=1S/C12H17N5O5/c1-11(21)7(19)5(3-18)22-12(11,2)17-4-14-6-8(17)15-10(13)16-9(6)20/h4-5,7,18-19,21H,3H2,1-2H3,(H3,13,15,16,20)/t5-,7+,11?,12-/m1/s1. The second-order valence-electron chi connectivity index (χ2n) is 5.65. The fraction of sp³-hybridized carbons (Fsp3) is 0.583. The van der Waals surface area contributed by atoms with Gasteiger partial charge < -0.3 is 25.8 Å². The molecule has 0 aromatic carbocycles. The molecule has 6 N–H and O–H groups in total. The zero-order chi connectivity index (χ0) is 16.3. The summed E-state index contributed by atoms with van der Waals surface area (Å²) in [6.45, 7) is 2.40. The van der Waals surface area contributed by atoms with Gasteiger partial charge in [-0.15, -0.1) is 0 Å². The lowest BCUT2D eigenvalue weighted by Crippen LogP contribution is -2.53. The topological polar surface area (TPSA) is 160 Å². The highest BCUT2D eigenvalue weighted by Gasteiger charge is 2.61. The Bertz CT molecular complexity index is 784. The van der Waals surface area contributed by atoms with E-state index < -0.39 is 35.7 Å². The lowest BCUT2D eigenvalue weighted by Gasteiger charge is -2.37. The average Bonchev–Trinajstić information content (AvgIpc) is 2.93. The maximum atomic E-state index is 11.8. The van der Waals surface area contributed by atoms with Crippen molar-refractivity contribution in [2.45, 2.75) is 37.4 Å². The number of H-pyrrole nitrogens is 1. The zero-order valence-corrected chi connectivity index (χ0v) is 12.0. The quantitative estimate of drug-likeness (QED) is 0.421. The highest BCUT2D eigenvalue weighted by atomic mass is 16.6. The molecule has 0 amide bonds. The predicted molar refractivity (Wildman–Crippen MR) is 74.8 cm³/mol. The van der Waals surface area contributed by atoms with Crippen molar-refractivity contribution in [1.82, 2.24) is 19.5 Å². The number of nitrogens with zero attached hydrogens (tertiary/aromatic N) is 3. The number of anilines is 1. The Hall–Kier alpha value is -2.01. The van der Waals surface area contributed by atoms with E-state index in [0.29, 0.717) is 0 Å². The SMILES string of the molecule is CC1(O)[C@@H](O)[C@@H](CO)O[C@@]1(C)n1cnc2c(=O)[nH]c(N)nc21. The molecule has 2 aromatic rings. The normalized spacial score (nSPS) is 35.3. The van der Waals surface area contributed by atoms with E-state index in [4.69, 9.17) is 10.5 Å². The Balaban J connectivity index is 2.24. The Morgan fingerprint density at radius 1 is 1.55 bits per heavy atom. The van der Waals surface area contributed by atoms with Crippen LogP contribution in [-0.4, -0.2) is 59.3 Å². The summed E-state index contributed by atoms with van der Waals surface area (Å²) in [5.41, 5.74) is 1.89. The first kappa shape index (κ1) is 14.9. The van der Waals surface area contributed by atoms with E-state index >= 15 is 0 Å². The number of aliphatic hydroxyl groups is 3. The Labute approximate surface area is 124 Å². The van der Waals surface area contributed by atoms with Gasteiger partial charge in [-0.25, -0.2) is 4.98 Å². The number of aliphatic hydroxyl groups excluding tert-OH is 2. The third-order valence-electron chi connectivity index (χ3n) is 4.31. The molecule has 0 aliphatic carbocycles. The van der Waals surface area contributed by atoms with Crippen molar-refractivity contribution >= 4 is 17.1 Å². The summed E-state index contributed by atoms with van der Waals surface area (Å²) in [6.07, 6.45) is -1.05. The highest BCUT2D eigenvalue weighted by Crippen LogP contribution is 2.44. The van der Waals surface area contributed by atoms with Crippen LogP contribution in [0.5, 0.6) is 0 Å². The van der Waals surface area contributed by atoms with Crippen LogP contribution >= 0.6 is 0 Å². The van der Waals surface area contributed by atoms with Crippen LogP contribution in [0.3, 0.4) is 0 Å². The summed E-state index contributed by atoms with van der Waals surface area (Å²) in [5, 5.41) is 30.1. The first-order chi connectivity index (χ1) is 10.2. The summed E-state index contributed by atoms with van der Waals surface area (Å²) in [5.74, 6) is -0.111. The number of ether oxygens (including phenoxy) is 1. The molecule has 120 valence electrons. The summed E-state index contributed by atoms with van der Waals surface area (Å²) < 4.78 is 6.96. The molecule has 1 aliphatic heterocycles. The maximum absolute atomic E-state index is 11.8. The van der Waals surface area contributed by atoms with Gasteiger partial charge in [0, 0.05) is 0 Å². The molecule has 1 unspecified atom stereocenters. The second kappa shape index (κ2) is 4.49. The molecule has 3 heterocycles. The van der Waals surface area contributed by atoms with Crippen molar-refractivity contribution in [3.63, 3.8) is 0 Å². The van der Waals surface area contributed by atoms with E-state index in [1.807, 2.05) is 0 Å². The number of fused-ring (bicyclic) bond motifs is 1. The largest absolute Gasteiger partial charge is 0.394 e. The summed E-state index contributed by atoms with van der Waals surface area (Å²) >= 11 is 0. The Morgan fingerprint density at radius 3 is 2.82 bits per heavy atom. The maximum Gasteiger partial charge on any atom is 0.280 e. The molecule has 1 aliphatic rings. The summed E-state index contributed by atoms with van der Waals surface area (Å²) in [6, 6.07) is 0. The third kappa shape index (κ3) is 1.72. The van der Waals surface area contributed by atoms with Crippen LogP contribution in [0, 0.1) is 0 Å². The lowest BCUT2D eigenvalue weighted by molar-refractivity contribution is -0.174. The average molecular weight is 311 g/mol. The van der Waals surface area contributed by atoms with Crippen LogP contribution in [0.4, 0.5) is 5.95 Å². The van der Waals surface area contributed by atoms with Gasteiger partial charge in [-0.1, -0.05) is 0 Å². The van der Waals surface area contributed by atoms with E-state index in [-0.39, 0.29) is 17.1 Å². The van der Waals surface area contributed by atoms with Gasteiger partial charge in [-0.3, -0.25) is 14.3 Å². The van der Waals surface area contributed by atoms with Crippen LogP contribution in [-0.2, 0) is 10.5 Å². The molecule has 3 rings (SSSR count). The van der Waals surface area contributed by atoms with E-state index in [9.17, 15) is 20.1 Å². The number of imidazole rings is 1. The number of aromatic nitrogens is 4. The molecule has 10 nitrogen and oxygen atoms in total. The summed E-state index contributed by atoms with van der Waals surface area (Å²) in [4.78, 5) is 22.1. The first-order valence-electron chi connectivity index (χ1n) is 6.65. The number of nitrogens with one attached hydrogen (secondary N) is 1. The van der Waals surface area contributed by atoms with E-state index in [1.165, 1.54) is 24.7 Å². The number of nitrogens with two attached hydrogens (primary N) is 1. The number of hydrogen-bond acceptors (Lipinski definition) is 8. The van der Waals surface area contributed by atoms with Crippen molar-refractivity contribution in [1.29, 1.82) is 0 Å². The predicted octanol–water partition coefficient (Wildman–Crippen LogP) is -2.12. The van der Waals surface area contributed by atoms with Crippen LogP contribution in [0.1, 0.15) is 13.8 Å². The minimum Gasteiger partial charge on any atom is -0.394 e. The molecule has 0 bridgehead atoms. The van der Waals surface area contributed by atoms with E-state index in [0.717, 1.165) is 0 Å². The smallest absolute Gasteiger partial charge is 0.280 e. The highest BCUT2D eigenvalue weighted by molar-refractivity contribution is 5.70. The molecule has 1 saturated heterocycles. The van der Waals surface area contributed by atoms with Gasteiger partial charge in [0.15, 0.2) is 16.9 Å². The number of aromatic amines is 1. The van der Waals surface area contributed by atoms with Gasteiger partial charge in [-0.2, -0.15) is 4.98 Å². The lowest BCUT2D eigenvalue weighted by atomic mass is 9.88. The number of hydrogen-bond donors (Lipinski definition) is 5. The van der Waals surface area contributed by atoms with Crippen molar-refractivity contribution in [3.05, 3.63) is 16.7 Å². The molecule has 0 radical (unpaired) electrons. The first-order valence-corrected chi connectivity index (χ1v) is 6.65. The monoisotopic (exact) mass is 311 g/mol. The van der Waals surface area contributed by atoms with Crippen molar-refractivity contribution in [3.8, 4) is 0 Å². The van der Waals surface area contributed by atoms with Crippen LogP contribution < -0.4 is 11.3 Å². The van der Waals surface area contributed by atoms with Gasteiger partial charge in [0.25, 0.3) is 5.56 Å². The Morgan fingerprint density at radius 2 is 2.23 bits per heavy atom. The summed E-state index contributed by atoms with van der Waals surface area (Å²) in [7, 11) is 0. The third-order valence-corrected chi connectivity index (χ3v) is 4.31. The molecule has 0 spiro atoms. The second-order valence-corrected chi connectivity index (χ2v) is 5.65. The number of rotatable bonds is 2. The minimum absolute atomic E-state index is 0.0248. The van der Waals surface area contributed by atoms with Crippen molar-refractivity contribution in [2.75, 3.05) is 12.3 Å². The van der Waals surface area contributed by atoms with Gasteiger partial charge in [0.1, 0.15) is 17.8 Å². The molecule has 1 fully saturated rings. The van der Waals surface area contributed by atoms with Gasteiger partial charge >= 0.3 is 0 Å². The molecule has 2 aromatic heterocycles. The molecular formula is C12H17N5O5. The van der Waals surface area contributed by atoms with Crippen LogP contribution in [0.2, 0.25) is 0 Å².